The third kappa shape index (κ3) is 7.00. The highest BCUT2D eigenvalue weighted by Gasteiger charge is 1.99. The molecule has 2 aromatic rings. The number of halogens is 1. The third-order valence-corrected chi connectivity index (χ3v) is 3.83. The van der Waals surface area contributed by atoms with Crippen molar-refractivity contribution in [1.82, 2.24) is 0 Å². The van der Waals surface area contributed by atoms with E-state index in [0.717, 1.165) is 17.0 Å². The molecule has 0 heterocycles. The smallest absolute Gasteiger partial charge is 0.193 e. The summed E-state index contributed by atoms with van der Waals surface area (Å²) in [7, 11) is 0. The topological polar surface area (TPSA) is 59.6 Å². The van der Waals surface area contributed by atoms with Crippen LogP contribution in [-0.4, -0.2) is 18.3 Å². The number of ether oxygens (including phenoxy) is 1. The molecule has 0 aliphatic carbocycles. The molecule has 0 amide bonds. The Bertz CT molecular complexity index is 642. The largest absolute Gasteiger partial charge is 0.491 e. The molecule has 24 heavy (non-hydrogen) atoms. The number of hydrogen-bond acceptors (Lipinski definition) is 3. The quantitative estimate of drug-likeness (QED) is 0.285. The maximum atomic E-state index is 5.93. The number of nitrogens with one attached hydrogen (secondary N) is 1. The second-order valence-corrected chi connectivity index (χ2v) is 6.25. The molecule has 0 bridgehead atoms. The third-order valence-electron chi connectivity index (χ3n) is 3.09. The number of anilines is 1. The van der Waals surface area contributed by atoms with E-state index in [1.807, 2.05) is 38.1 Å². The van der Waals surface area contributed by atoms with Crippen molar-refractivity contribution in [3.05, 3.63) is 54.1 Å². The first-order chi connectivity index (χ1) is 11.1. The highest BCUT2D eigenvalue weighted by Crippen LogP contribution is 2.17. The van der Waals surface area contributed by atoms with Crippen LogP contribution in [0, 0.1) is 0 Å². The number of nitrogens with zero attached hydrogens (tertiary/aromatic N) is 1. The van der Waals surface area contributed by atoms with Gasteiger partial charge >= 0.3 is 0 Å². The van der Waals surface area contributed by atoms with Crippen LogP contribution in [-0.2, 0) is 6.54 Å². The van der Waals surface area contributed by atoms with Crippen molar-refractivity contribution in [3.8, 4) is 5.75 Å². The van der Waals surface area contributed by atoms with Crippen LogP contribution in [0.2, 0.25) is 0 Å². The molecule has 0 atom stereocenters. The Morgan fingerprint density at radius 1 is 1.12 bits per heavy atom. The lowest BCUT2D eigenvalue weighted by Gasteiger charge is -2.11. The number of thioether (sulfide) groups is 1. The monoisotopic (exact) mass is 457 g/mol. The maximum absolute atomic E-state index is 5.93. The summed E-state index contributed by atoms with van der Waals surface area (Å²) in [6.07, 6.45) is 2.23. The van der Waals surface area contributed by atoms with Crippen molar-refractivity contribution in [2.24, 2.45) is 10.7 Å². The molecule has 0 aromatic heterocycles. The van der Waals surface area contributed by atoms with E-state index in [1.54, 1.807) is 11.8 Å². The molecule has 0 aliphatic rings. The number of rotatable bonds is 6. The van der Waals surface area contributed by atoms with Gasteiger partial charge in [0.25, 0.3) is 0 Å². The van der Waals surface area contributed by atoms with Gasteiger partial charge in [0, 0.05) is 10.6 Å². The molecule has 6 heteroatoms. The fraction of sp³-hybridized carbons (Fsp3) is 0.278. The van der Waals surface area contributed by atoms with Gasteiger partial charge in [-0.15, -0.1) is 35.7 Å². The number of nitrogens with two attached hydrogens (primary N) is 1. The van der Waals surface area contributed by atoms with Gasteiger partial charge in [-0.05, 0) is 62.1 Å². The summed E-state index contributed by atoms with van der Waals surface area (Å²) < 4.78 is 5.61. The van der Waals surface area contributed by atoms with Crippen LogP contribution in [0.4, 0.5) is 5.69 Å². The lowest BCUT2D eigenvalue weighted by Crippen LogP contribution is -2.22. The minimum Gasteiger partial charge on any atom is -0.491 e. The van der Waals surface area contributed by atoms with Gasteiger partial charge in [-0.1, -0.05) is 12.1 Å². The second kappa shape index (κ2) is 10.5. The lowest BCUT2D eigenvalue weighted by molar-refractivity contribution is 0.242. The van der Waals surface area contributed by atoms with Gasteiger partial charge < -0.3 is 15.8 Å². The van der Waals surface area contributed by atoms with Crippen molar-refractivity contribution in [2.75, 3.05) is 11.6 Å². The first-order valence-corrected chi connectivity index (χ1v) is 8.76. The first-order valence-electron chi connectivity index (χ1n) is 7.53. The van der Waals surface area contributed by atoms with Crippen LogP contribution in [0.15, 0.2) is 58.4 Å². The van der Waals surface area contributed by atoms with E-state index in [4.69, 9.17) is 10.5 Å². The standard InChI is InChI=1S/C18H23N3OS.HI/c1-13(2)22-16-8-6-15(7-9-16)21-18(19)20-12-14-4-10-17(23-3)11-5-14;/h4-11,13H,12H2,1-3H3,(H3,19,20,21);1H. The van der Waals surface area contributed by atoms with Crippen molar-refractivity contribution in [3.63, 3.8) is 0 Å². The zero-order valence-corrected chi connectivity index (χ0v) is 17.3. The zero-order valence-electron chi connectivity index (χ0n) is 14.2. The Morgan fingerprint density at radius 2 is 1.75 bits per heavy atom. The average Bonchev–Trinajstić information content (AvgIpc) is 2.55. The van der Waals surface area contributed by atoms with Crippen LogP contribution in [0.25, 0.3) is 0 Å². The molecular formula is C18H24IN3OS. The summed E-state index contributed by atoms with van der Waals surface area (Å²) in [6, 6.07) is 16.0. The van der Waals surface area contributed by atoms with Gasteiger partial charge in [-0.25, -0.2) is 4.99 Å². The summed E-state index contributed by atoms with van der Waals surface area (Å²) >= 11 is 1.73. The van der Waals surface area contributed by atoms with E-state index >= 15 is 0 Å². The Morgan fingerprint density at radius 3 is 2.29 bits per heavy atom. The zero-order chi connectivity index (χ0) is 16.7. The molecule has 0 spiro atoms. The number of aliphatic imine (C=N–C) groups is 1. The number of hydrogen-bond donors (Lipinski definition) is 2. The van der Waals surface area contributed by atoms with E-state index in [0.29, 0.717) is 12.5 Å². The van der Waals surface area contributed by atoms with Crippen LogP contribution in [0.3, 0.4) is 0 Å². The normalized spacial score (nSPS) is 11.1. The fourth-order valence-corrected chi connectivity index (χ4v) is 2.39. The molecule has 0 saturated heterocycles. The van der Waals surface area contributed by atoms with E-state index in [2.05, 4.69) is 40.8 Å². The average molecular weight is 457 g/mol. The summed E-state index contributed by atoms with van der Waals surface area (Å²) in [5, 5.41) is 3.08. The molecule has 4 nitrogen and oxygen atoms in total. The molecule has 2 rings (SSSR count). The highest BCUT2D eigenvalue weighted by molar-refractivity contribution is 14.0. The predicted molar refractivity (Wildman–Crippen MR) is 115 cm³/mol. The van der Waals surface area contributed by atoms with Crippen molar-refractivity contribution in [2.45, 2.75) is 31.4 Å². The summed E-state index contributed by atoms with van der Waals surface area (Å²) in [4.78, 5) is 5.60. The van der Waals surface area contributed by atoms with Crippen LogP contribution in [0.1, 0.15) is 19.4 Å². The minimum atomic E-state index is 0. The molecule has 0 fully saturated rings. The van der Waals surface area contributed by atoms with Crippen molar-refractivity contribution >= 4 is 47.4 Å². The van der Waals surface area contributed by atoms with Gasteiger partial charge in [-0.2, -0.15) is 0 Å². The minimum absolute atomic E-state index is 0. The molecule has 130 valence electrons. The van der Waals surface area contributed by atoms with Crippen LogP contribution in [0.5, 0.6) is 5.75 Å². The van der Waals surface area contributed by atoms with E-state index in [9.17, 15) is 0 Å². The Balaban J connectivity index is 0.00000288. The van der Waals surface area contributed by atoms with E-state index in [1.165, 1.54) is 4.90 Å². The molecule has 0 aliphatic heterocycles. The van der Waals surface area contributed by atoms with Gasteiger partial charge in [0.05, 0.1) is 12.6 Å². The Kier molecular flexibility index (Phi) is 8.99. The van der Waals surface area contributed by atoms with Crippen LogP contribution < -0.4 is 15.8 Å². The van der Waals surface area contributed by atoms with Crippen LogP contribution >= 0.6 is 35.7 Å². The number of guanidine groups is 1. The van der Waals surface area contributed by atoms with Crippen molar-refractivity contribution < 1.29 is 4.74 Å². The molecular weight excluding hydrogens is 433 g/mol. The second-order valence-electron chi connectivity index (χ2n) is 5.37. The molecule has 0 unspecified atom stereocenters. The SMILES string of the molecule is CSc1ccc(CN=C(N)Nc2ccc(OC(C)C)cc2)cc1.I. The Labute approximate surface area is 165 Å². The Hall–Kier alpha value is -1.41. The summed E-state index contributed by atoms with van der Waals surface area (Å²) in [5.74, 6) is 1.24. The van der Waals surface area contributed by atoms with Gasteiger partial charge in [-0.3, -0.25) is 0 Å². The fourth-order valence-electron chi connectivity index (χ4n) is 1.98. The maximum Gasteiger partial charge on any atom is 0.193 e. The van der Waals surface area contributed by atoms with Crippen molar-refractivity contribution in [1.29, 1.82) is 0 Å². The molecule has 0 saturated carbocycles. The molecule has 3 N–H and O–H groups in total. The highest BCUT2D eigenvalue weighted by atomic mass is 127. The van der Waals surface area contributed by atoms with Gasteiger partial charge in [0.2, 0.25) is 0 Å². The van der Waals surface area contributed by atoms with E-state index < -0.39 is 0 Å². The summed E-state index contributed by atoms with van der Waals surface area (Å²) in [6.45, 7) is 4.56. The number of benzene rings is 2. The molecule has 0 radical (unpaired) electrons. The predicted octanol–water partition coefficient (Wildman–Crippen LogP) is 4.74. The first kappa shape index (κ1) is 20.6. The van der Waals surface area contributed by atoms with Gasteiger partial charge in [0.1, 0.15) is 5.75 Å². The molecule has 2 aromatic carbocycles. The lowest BCUT2D eigenvalue weighted by atomic mass is 10.2. The summed E-state index contributed by atoms with van der Waals surface area (Å²) in [5.41, 5.74) is 7.95. The van der Waals surface area contributed by atoms with Gasteiger partial charge in [0.15, 0.2) is 5.96 Å². The van der Waals surface area contributed by atoms with E-state index in [-0.39, 0.29) is 30.1 Å².